The third kappa shape index (κ3) is 3.67. The summed E-state index contributed by atoms with van der Waals surface area (Å²) in [6, 6.07) is 0. The third-order valence-electron chi connectivity index (χ3n) is 1.14. The molecule has 0 aliphatic rings. The molecule has 1 aromatic heterocycles. The van der Waals surface area contributed by atoms with Gasteiger partial charge in [0.2, 0.25) is 5.13 Å². The molecule has 5 N–H and O–H groups in total. The van der Waals surface area contributed by atoms with Gasteiger partial charge in [-0.3, -0.25) is 0 Å². The van der Waals surface area contributed by atoms with Crippen LogP contribution in [-0.2, 0) is 4.57 Å². The minimum absolute atomic E-state index is 0.0881. The maximum absolute atomic E-state index is 10.8. The zero-order chi connectivity index (χ0) is 11.7. The quantitative estimate of drug-likeness (QED) is 0.386. The van der Waals surface area contributed by atoms with Gasteiger partial charge in [0, 0.05) is 11.6 Å². The largest absolute Gasteiger partial charge is 0.469 e. The molecular weight excluding hydrogens is 266 g/mol. The predicted molar refractivity (Wildman–Crippen MR) is 54.8 cm³/mol. The van der Waals surface area contributed by atoms with Crippen LogP contribution in [-0.4, -0.2) is 34.6 Å². The Hall–Kier alpha value is -0.240. The molecule has 0 saturated carbocycles. The van der Waals surface area contributed by atoms with Gasteiger partial charge in [-0.25, -0.2) is 9.55 Å². The van der Waals surface area contributed by atoms with Gasteiger partial charge in [-0.2, -0.15) is 19.7 Å². The summed E-state index contributed by atoms with van der Waals surface area (Å²) < 4.78 is 10.8. The highest BCUT2D eigenvalue weighted by atomic mass is 32.1. The molecule has 0 amide bonds. The third-order valence-corrected chi connectivity index (χ3v) is 4.65. The van der Waals surface area contributed by atoms with E-state index in [0.717, 1.165) is 11.3 Å². The van der Waals surface area contributed by atoms with Crippen molar-refractivity contribution >= 4 is 37.2 Å². The highest BCUT2D eigenvalue weighted by Gasteiger charge is 2.52. The first kappa shape index (κ1) is 12.8. The minimum Gasteiger partial charge on any atom is -0.317 e. The van der Waals surface area contributed by atoms with Crippen molar-refractivity contribution in [3.05, 3.63) is 11.6 Å². The molecule has 0 unspecified atom stereocenters. The molecule has 1 rings (SSSR count). The van der Waals surface area contributed by atoms with Gasteiger partial charge in [0.05, 0.1) is 0 Å². The number of rotatable bonds is 3. The second kappa shape index (κ2) is 4.32. The van der Waals surface area contributed by atoms with E-state index in [1.807, 2.05) is 0 Å². The fourth-order valence-electron chi connectivity index (χ4n) is 0.664. The summed E-state index contributed by atoms with van der Waals surface area (Å²) in [6.45, 7) is 0. The van der Waals surface area contributed by atoms with Crippen LogP contribution in [0.1, 0.15) is 0 Å². The Bertz CT molecular complexity index is 405. The molecule has 0 radical (unpaired) electrons. The Balaban J connectivity index is 3.20. The van der Waals surface area contributed by atoms with Gasteiger partial charge < -0.3 is 9.79 Å². The molecular formula is C4H7N2O6P2S+. The van der Waals surface area contributed by atoms with Crippen LogP contribution in [0.2, 0.25) is 0 Å². The first-order valence-corrected chi connectivity index (χ1v) is 7.47. The maximum Gasteiger partial charge on any atom is 0.469 e. The van der Waals surface area contributed by atoms with Gasteiger partial charge >= 0.3 is 20.7 Å². The van der Waals surface area contributed by atoms with E-state index in [1.165, 1.54) is 11.6 Å². The van der Waals surface area contributed by atoms with E-state index in [4.69, 9.17) is 24.5 Å². The van der Waals surface area contributed by atoms with E-state index >= 15 is 0 Å². The summed E-state index contributed by atoms with van der Waals surface area (Å²) >= 11 is 0.926. The molecule has 11 heteroatoms. The number of thiazole rings is 1. The van der Waals surface area contributed by atoms with Crippen molar-refractivity contribution in [3.63, 3.8) is 0 Å². The van der Waals surface area contributed by atoms with Crippen LogP contribution in [0.5, 0.6) is 0 Å². The van der Waals surface area contributed by atoms with Crippen LogP contribution >= 0.6 is 26.9 Å². The van der Waals surface area contributed by atoms with Crippen molar-refractivity contribution in [1.82, 2.24) is 4.98 Å². The predicted octanol–water partition coefficient (Wildman–Crippen LogP) is 0.0478. The molecule has 0 saturated heterocycles. The molecule has 0 bridgehead atoms. The lowest BCUT2D eigenvalue weighted by atomic mass is 11.0. The lowest BCUT2D eigenvalue weighted by Crippen LogP contribution is -2.05. The fraction of sp³-hybridized carbons (Fsp3) is 0. The summed E-state index contributed by atoms with van der Waals surface area (Å²) in [5.74, 6) is 0. The second-order valence-corrected chi connectivity index (χ2v) is 6.64. The molecule has 15 heavy (non-hydrogen) atoms. The number of aliphatic imine (C=N–C) groups is 1. The van der Waals surface area contributed by atoms with Gasteiger partial charge in [0.25, 0.3) is 0 Å². The van der Waals surface area contributed by atoms with Gasteiger partial charge in [-0.1, -0.05) is 0 Å². The average Bonchev–Trinajstić information content (AvgIpc) is 2.46. The molecule has 0 fully saturated rings. The minimum atomic E-state index is -5.02. The highest BCUT2D eigenvalue weighted by molar-refractivity contribution is 8.00. The van der Waals surface area contributed by atoms with E-state index in [2.05, 4.69) is 9.98 Å². The van der Waals surface area contributed by atoms with Crippen molar-refractivity contribution in [3.8, 4) is 0 Å². The van der Waals surface area contributed by atoms with Crippen molar-refractivity contribution in [2.75, 3.05) is 0 Å². The molecule has 0 aliphatic heterocycles. The number of hydrogen-bond donors (Lipinski definition) is 5. The van der Waals surface area contributed by atoms with Crippen LogP contribution in [0.4, 0.5) is 5.13 Å². The van der Waals surface area contributed by atoms with E-state index in [-0.39, 0.29) is 5.13 Å². The number of nitrogens with zero attached hydrogens (tertiary/aromatic N) is 2. The Morgan fingerprint density at radius 1 is 1.47 bits per heavy atom. The summed E-state index contributed by atoms with van der Waals surface area (Å²) in [7, 11) is -9.86. The Kier molecular flexibility index (Phi) is 3.70. The monoisotopic (exact) mass is 273 g/mol. The molecule has 84 valence electrons. The SMILES string of the molecule is O=P(O)(O)C(=Nc1nccs1)[P+](O)(O)O. The molecule has 1 aromatic rings. The Morgan fingerprint density at radius 2 is 2.07 bits per heavy atom. The molecule has 0 spiro atoms. The van der Waals surface area contributed by atoms with Gasteiger partial charge in [-0.15, -0.1) is 11.3 Å². The van der Waals surface area contributed by atoms with E-state index in [1.54, 1.807) is 0 Å². The molecule has 0 aromatic carbocycles. The van der Waals surface area contributed by atoms with Gasteiger partial charge in [-0.05, 0) is 0 Å². The maximum atomic E-state index is 10.8. The second-order valence-electron chi connectivity index (χ2n) is 2.34. The molecule has 8 nitrogen and oxygen atoms in total. The summed E-state index contributed by atoms with van der Waals surface area (Å²) in [5.41, 5.74) is 0. The fourth-order valence-corrected chi connectivity index (χ4v) is 3.16. The summed E-state index contributed by atoms with van der Waals surface area (Å²) in [5, 5.41) is 0.0300. The first-order chi connectivity index (χ1) is 6.71. The standard InChI is InChI=1S/C4H6N2O6P2S/c7-13(8,9)4(14(10,11)12)6-3-5-1-2-15-3/h1-2,7-9H,(H-,10,11,12)/p+1. The Morgan fingerprint density at radius 3 is 2.40 bits per heavy atom. The van der Waals surface area contributed by atoms with E-state index < -0.39 is 20.7 Å². The first-order valence-electron chi connectivity index (χ1n) is 3.33. The number of hydrogen-bond acceptors (Lipinski definition) is 7. The Labute approximate surface area is 88.3 Å². The van der Waals surface area contributed by atoms with Crippen LogP contribution < -0.4 is 0 Å². The lowest BCUT2D eigenvalue weighted by Gasteiger charge is -2.06. The summed E-state index contributed by atoms with van der Waals surface area (Å²) in [6.07, 6.45) is 1.31. The average molecular weight is 273 g/mol. The number of aromatic nitrogens is 1. The van der Waals surface area contributed by atoms with E-state index in [9.17, 15) is 4.57 Å². The topological polar surface area (TPSA) is 143 Å². The van der Waals surface area contributed by atoms with Gasteiger partial charge in [0.1, 0.15) is 0 Å². The van der Waals surface area contributed by atoms with Crippen LogP contribution in [0.25, 0.3) is 0 Å². The van der Waals surface area contributed by atoms with Crippen molar-refractivity contribution in [2.45, 2.75) is 0 Å². The normalized spacial score (nSPS) is 14.3. The van der Waals surface area contributed by atoms with Crippen LogP contribution in [0.3, 0.4) is 0 Å². The van der Waals surface area contributed by atoms with Gasteiger partial charge in [0.15, 0.2) is 0 Å². The molecule has 0 atom stereocenters. The zero-order valence-electron chi connectivity index (χ0n) is 7.00. The molecule has 0 aliphatic carbocycles. The van der Waals surface area contributed by atoms with Crippen LogP contribution in [0.15, 0.2) is 16.6 Å². The van der Waals surface area contributed by atoms with Crippen LogP contribution in [0, 0.1) is 0 Å². The summed E-state index contributed by atoms with van der Waals surface area (Å²) in [4.78, 5) is 50.6. The van der Waals surface area contributed by atoms with Crippen molar-refractivity contribution in [1.29, 1.82) is 0 Å². The van der Waals surface area contributed by atoms with E-state index in [0.29, 0.717) is 0 Å². The highest BCUT2D eigenvalue weighted by Crippen LogP contribution is 2.61. The lowest BCUT2D eigenvalue weighted by molar-refractivity contribution is 0.349. The molecule has 1 heterocycles. The smallest absolute Gasteiger partial charge is 0.317 e. The van der Waals surface area contributed by atoms with Crippen molar-refractivity contribution < 1.29 is 29.0 Å². The zero-order valence-corrected chi connectivity index (χ0v) is 9.60. The van der Waals surface area contributed by atoms with Crippen molar-refractivity contribution in [2.24, 2.45) is 4.99 Å².